The minimum absolute atomic E-state index is 0.668. The number of nitrogens with zero attached hydrogens (tertiary/aromatic N) is 2. The Morgan fingerprint density at radius 3 is 2.63 bits per heavy atom. The van der Waals surface area contributed by atoms with Crippen molar-refractivity contribution in [1.29, 1.82) is 0 Å². The Balaban J connectivity index is 1.88. The molecule has 0 bridgehead atoms. The highest BCUT2D eigenvalue weighted by molar-refractivity contribution is 5.14. The first-order chi connectivity index (χ1) is 9.20. The summed E-state index contributed by atoms with van der Waals surface area (Å²) in [4.78, 5) is 5.29. The number of hydrogen-bond donors (Lipinski definition) is 0. The smallest absolute Gasteiger partial charge is 0.0238 e. The molecule has 19 heavy (non-hydrogen) atoms. The monoisotopic (exact) mass is 260 g/mol. The Hall–Kier alpha value is -0.860. The normalized spacial score (nSPS) is 20.6. The van der Waals surface area contributed by atoms with Gasteiger partial charge in [0.05, 0.1) is 0 Å². The first kappa shape index (κ1) is 14.5. The van der Waals surface area contributed by atoms with Crippen molar-refractivity contribution in [3.8, 4) is 0 Å². The summed E-state index contributed by atoms with van der Waals surface area (Å²) in [5.74, 6) is 0. The van der Waals surface area contributed by atoms with E-state index in [0.29, 0.717) is 6.04 Å². The lowest BCUT2D eigenvalue weighted by Gasteiger charge is -2.32. The summed E-state index contributed by atoms with van der Waals surface area (Å²) in [5, 5.41) is 0. The zero-order valence-electron chi connectivity index (χ0n) is 12.7. The largest absolute Gasteiger partial charge is 0.297 e. The molecule has 0 aromatic heterocycles. The zero-order chi connectivity index (χ0) is 13.7. The minimum Gasteiger partial charge on any atom is -0.297 e. The van der Waals surface area contributed by atoms with Crippen LogP contribution in [0.15, 0.2) is 30.3 Å². The van der Waals surface area contributed by atoms with E-state index in [0.717, 1.165) is 12.6 Å². The second kappa shape index (κ2) is 7.06. The molecule has 1 heterocycles. The van der Waals surface area contributed by atoms with Gasteiger partial charge in [0.1, 0.15) is 0 Å². The quantitative estimate of drug-likeness (QED) is 0.773. The maximum absolute atomic E-state index is 2.69. The van der Waals surface area contributed by atoms with Crippen LogP contribution in [0.4, 0.5) is 0 Å². The van der Waals surface area contributed by atoms with Gasteiger partial charge in [-0.3, -0.25) is 9.80 Å². The average Bonchev–Trinajstić information content (AvgIpc) is 2.85. The van der Waals surface area contributed by atoms with Gasteiger partial charge in [0.25, 0.3) is 0 Å². The molecule has 1 aromatic carbocycles. The SMILES string of the molecule is CCCN(C(C)C)C1CCN(Cc2ccccc2)C1. The Labute approximate surface area is 118 Å². The Bertz CT molecular complexity index is 361. The van der Waals surface area contributed by atoms with E-state index in [1.165, 1.54) is 38.0 Å². The highest BCUT2D eigenvalue weighted by atomic mass is 15.3. The lowest BCUT2D eigenvalue weighted by atomic mass is 10.1. The summed E-state index contributed by atoms with van der Waals surface area (Å²) in [6, 6.07) is 12.3. The van der Waals surface area contributed by atoms with Gasteiger partial charge < -0.3 is 0 Å². The molecule has 2 heteroatoms. The van der Waals surface area contributed by atoms with E-state index in [9.17, 15) is 0 Å². The van der Waals surface area contributed by atoms with E-state index >= 15 is 0 Å². The van der Waals surface area contributed by atoms with Crippen molar-refractivity contribution in [2.75, 3.05) is 19.6 Å². The highest BCUT2D eigenvalue weighted by Gasteiger charge is 2.28. The van der Waals surface area contributed by atoms with E-state index < -0.39 is 0 Å². The molecule has 1 aliphatic heterocycles. The summed E-state index contributed by atoms with van der Waals surface area (Å²) in [7, 11) is 0. The third-order valence-corrected chi connectivity index (χ3v) is 4.11. The minimum atomic E-state index is 0.668. The first-order valence-corrected chi connectivity index (χ1v) is 7.72. The molecular formula is C17H28N2. The third kappa shape index (κ3) is 4.05. The second-order valence-electron chi connectivity index (χ2n) is 5.99. The Morgan fingerprint density at radius 2 is 2.00 bits per heavy atom. The molecule has 106 valence electrons. The van der Waals surface area contributed by atoms with Crippen LogP contribution in [0.1, 0.15) is 39.2 Å². The average molecular weight is 260 g/mol. The molecule has 0 radical (unpaired) electrons. The number of hydrogen-bond acceptors (Lipinski definition) is 2. The predicted molar refractivity (Wildman–Crippen MR) is 82.3 cm³/mol. The van der Waals surface area contributed by atoms with E-state index in [1.54, 1.807) is 0 Å². The predicted octanol–water partition coefficient (Wildman–Crippen LogP) is 3.38. The number of rotatable bonds is 6. The number of likely N-dealkylation sites (tertiary alicyclic amines) is 1. The maximum Gasteiger partial charge on any atom is 0.0238 e. The Morgan fingerprint density at radius 1 is 1.26 bits per heavy atom. The topological polar surface area (TPSA) is 6.48 Å². The second-order valence-corrected chi connectivity index (χ2v) is 5.99. The van der Waals surface area contributed by atoms with Crippen molar-refractivity contribution in [2.45, 2.75) is 52.2 Å². The molecule has 0 N–H and O–H groups in total. The molecule has 2 rings (SSSR count). The van der Waals surface area contributed by atoms with Crippen LogP contribution in [0.2, 0.25) is 0 Å². The zero-order valence-corrected chi connectivity index (χ0v) is 12.7. The van der Waals surface area contributed by atoms with Crippen LogP contribution in [0.5, 0.6) is 0 Å². The van der Waals surface area contributed by atoms with Crippen LogP contribution in [0, 0.1) is 0 Å². The highest BCUT2D eigenvalue weighted by Crippen LogP contribution is 2.20. The molecule has 1 fully saturated rings. The molecule has 1 atom stereocenters. The van der Waals surface area contributed by atoms with E-state index in [4.69, 9.17) is 0 Å². The third-order valence-electron chi connectivity index (χ3n) is 4.11. The molecule has 0 amide bonds. The van der Waals surface area contributed by atoms with Gasteiger partial charge in [-0.05, 0) is 38.8 Å². The van der Waals surface area contributed by atoms with E-state index in [1.807, 2.05) is 0 Å². The number of benzene rings is 1. The van der Waals surface area contributed by atoms with Gasteiger partial charge in [0, 0.05) is 31.7 Å². The van der Waals surface area contributed by atoms with Crippen molar-refractivity contribution in [2.24, 2.45) is 0 Å². The summed E-state index contributed by atoms with van der Waals surface area (Å²) < 4.78 is 0. The standard InChI is InChI=1S/C17H28N2/c1-4-11-19(15(2)3)17-10-12-18(14-17)13-16-8-6-5-7-9-16/h5-9,15,17H,4,10-14H2,1-3H3. The summed E-state index contributed by atoms with van der Waals surface area (Å²) in [6.07, 6.45) is 2.58. The molecule has 2 nitrogen and oxygen atoms in total. The fraction of sp³-hybridized carbons (Fsp3) is 0.647. The molecule has 0 aliphatic carbocycles. The maximum atomic E-state index is 2.69. The molecule has 1 saturated heterocycles. The van der Waals surface area contributed by atoms with Gasteiger partial charge >= 0.3 is 0 Å². The molecular weight excluding hydrogens is 232 g/mol. The van der Waals surface area contributed by atoms with Crippen molar-refractivity contribution >= 4 is 0 Å². The summed E-state index contributed by atoms with van der Waals surface area (Å²) in [6.45, 7) is 11.8. The first-order valence-electron chi connectivity index (χ1n) is 7.72. The van der Waals surface area contributed by atoms with Gasteiger partial charge in [0.15, 0.2) is 0 Å². The van der Waals surface area contributed by atoms with E-state index in [-0.39, 0.29) is 0 Å². The van der Waals surface area contributed by atoms with Crippen LogP contribution in [0.3, 0.4) is 0 Å². The van der Waals surface area contributed by atoms with Gasteiger partial charge in [-0.25, -0.2) is 0 Å². The van der Waals surface area contributed by atoms with Crippen LogP contribution in [-0.4, -0.2) is 41.5 Å². The molecule has 1 unspecified atom stereocenters. The summed E-state index contributed by atoms with van der Waals surface area (Å²) >= 11 is 0. The van der Waals surface area contributed by atoms with Crippen molar-refractivity contribution in [3.05, 3.63) is 35.9 Å². The van der Waals surface area contributed by atoms with Gasteiger partial charge in [0.2, 0.25) is 0 Å². The molecule has 1 aromatic rings. The van der Waals surface area contributed by atoms with Crippen molar-refractivity contribution in [1.82, 2.24) is 9.80 Å². The van der Waals surface area contributed by atoms with E-state index in [2.05, 4.69) is 60.9 Å². The fourth-order valence-electron chi connectivity index (χ4n) is 3.19. The molecule has 1 aliphatic rings. The van der Waals surface area contributed by atoms with Crippen LogP contribution in [-0.2, 0) is 6.54 Å². The van der Waals surface area contributed by atoms with Crippen LogP contribution in [0.25, 0.3) is 0 Å². The molecule has 0 spiro atoms. The van der Waals surface area contributed by atoms with Gasteiger partial charge in [-0.2, -0.15) is 0 Å². The lowest BCUT2D eigenvalue weighted by molar-refractivity contribution is 0.151. The van der Waals surface area contributed by atoms with Crippen molar-refractivity contribution in [3.63, 3.8) is 0 Å². The van der Waals surface area contributed by atoms with Gasteiger partial charge in [-0.15, -0.1) is 0 Å². The molecule has 0 saturated carbocycles. The van der Waals surface area contributed by atoms with Gasteiger partial charge in [-0.1, -0.05) is 37.3 Å². The summed E-state index contributed by atoms with van der Waals surface area (Å²) in [5.41, 5.74) is 1.44. The van der Waals surface area contributed by atoms with Crippen LogP contribution >= 0.6 is 0 Å². The van der Waals surface area contributed by atoms with Crippen molar-refractivity contribution < 1.29 is 0 Å². The lowest BCUT2D eigenvalue weighted by Crippen LogP contribution is -2.42. The van der Waals surface area contributed by atoms with Crippen LogP contribution < -0.4 is 0 Å². The fourth-order valence-corrected chi connectivity index (χ4v) is 3.19. The Kier molecular flexibility index (Phi) is 5.41.